The predicted octanol–water partition coefficient (Wildman–Crippen LogP) is 4.68. The molecular weight excluding hydrogens is 412 g/mol. The maximum atomic E-state index is 12.7. The quantitative estimate of drug-likeness (QED) is 0.535. The van der Waals surface area contributed by atoms with Crippen LogP contribution in [0.2, 0.25) is 0 Å². The number of sulfonamides is 1. The first-order valence-electron chi connectivity index (χ1n) is 9.99. The van der Waals surface area contributed by atoms with Gasteiger partial charge in [0.05, 0.1) is 10.6 Å². The molecule has 0 aromatic heterocycles. The molecule has 0 aliphatic heterocycles. The normalized spacial score (nSPS) is 11.1. The predicted molar refractivity (Wildman–Crippen MR) is 123 cm³/mol. The minimum Gasteiger partial charge on any atom is -0.483 e. The van der Waals surface area contributed by atoms with Crippen LogP contribution in [0.3, 0.4) is 0 Å². The lowest BCUT2D eigenvalue weighted by molar-refractivity contribution is -0.118. The first kappa shape index (κ1) is 22.4. The molecule has 162 valence electrons. The lowest BCUT2D eigenvalue weighted by Crippen LogP contribution is -2.20. The van der Waals surface area contributed by atoms with Crippen molar-refractivity contribution >= 4 is 27.3 Å². The van der Waals surface area contributed by atoms with E-state index in [2.05, 4.69) is 10.0 Å². The van der Waals surface area contributed by atoms with E-state index >= 15 is 0 Å². The van der Waals surface area contributed by atoms with Crippen LogP contribution in [0.1, 0.15) is 23.6 Å². The zero-order valence-electron chi connectivity index (χ0n) is 17.8. The summed E-state index contributed by atoms with van der Waals surface area (Å²) in [5.41, 5.74) is 3.96. The fourth-order valence-electron chi connectivity index (χ4n) is 3.05. The molecular formula is C24H26N2O4S. The highest BCUT2D eigenvalue weighted by molar-refractivity contribution is 7.92. The number of ether oxygens (including phenoxy) is 1. The number of carbonyl (C=O) groups excluding carboxylic acids is 1. The van der Waals surface area contributed by atoms with Gasteiger partial charge in [-0.2, -0.15) is 0 Å². The Morgan fingerprint density at radius 3 is 2.39 bits per heavy atom. The molecule has 0 fully saturated rings. The highest BCUT2D eigenvalue weighted by Gasteiger charge is 2.16. The number of rotatable bonds is 8. The third-order valence-corrected chi connectivity index (χ3v) is 6.17. The monoisotopic (exact) mass is 438 g/mol. The zero-order chi connectivity index (χ0) is 22.4. The Labute approximate surface area is 183 Å². The first-order chi connectivity index (χ1) is 14.8. The SMILES string of the molecule is CCc1ccccc1NS(=O)(=O)c1ccc(NC(=O)COc2cc(C)ccc2C)cc1. The van der Waals surface area contributed by atoms with Crippen LogP contribution in [0.4, 0.5) is 11.4 Å². The molecule has 1 amide bonds. The molecule has 0 saturated carbocycles. The maximum Gasteiger partial charge on any atom is 0.262 e. The number of carbonyl (C=O) groups is 1. The van der Waals surface area contributed by atoms with Gasteiger partial charge in [-0.05, 0) is 73.4 Å². The van der Waals surface area contributed by atoms with Gasteiger partial charge in [0.2, 0.25) is 0 Å². The van der Waals surface area contributed by atoms with Crippen molar-refractivity contribution in [3.8, 4) is 5.75 Å². The molecule has 0 atom stereocenters. The molecule has 2 N–H and O–H groups in total. The van der Waals surface area contributed by atoms with Crippen molar-refractivity contribution in [2.45, 2.75) is 32.1 Å². The molecule has 3 rings (SSSR count). The van der Waals surface area contributed by atoms with Gasteiger partial charge in [-0.15, -0.1) is 0 Å². The molecule has 0 aliphatic carbocycles. The second-order valence-electron chi connectivity index (χ2n) is 7.25. The first-order valence-corrected chi connectivity index (χ1v) is 11.5. The smallest absolute Gasteiger partial charge is 0.262 e. The van der Waals surface area contributed by atoms with E-state index in [1.807, 2.05) is 51.1 Å². The van der Waals surface area contributed by atoms with E-state index in [1.165, 1.54) is 12.1 Å². The number of para-hydroxylation sites is 1. The molecule has 0 aliphatic rings. The molecule has 0 spiro atoms. The Bertz CT molecular complexity index is 1170. The van der Waals surface area contributed by atoms with E-state index in [9.17, 15) is 13.2 Å². The van der Waals surface area contributed by atoms with Crippen LogP contribution < -0.4 is 14.8 Å². The van der Waals surface area contributed by atoms with Crippen LogP contribution in [-0.2, 0) is 21.2 Å². The van der Waals surface area contributed by atoms with Gasteiger partial charge in [0.15, 0.2) is 6.61 Å². The van der Waals surface area contributed by atoms with E-state index in [-0.39, 0.29) is 17.4 Å². The Hall–Kier alpha value is -3.32. The van der Waals surface area contributed by atoms with Gasteiger partial charge in [0.25, 0.3) is 15.9 Å². The largest absolute Gasteiger partial charge is 0.483 e. The lowest BCUT2D eigenvalue weighted by Gasteiger charge is -2.13. The highest BCUT2D eigenvalue weighted by Crippen LogP contribution is 2.22. The topological polar surface area (TPSA) is 84.5 Å². The van der Waals surface area contributed by atoms with Gasteiger partial charge >= 0.3 is 0 Å². The average molecular weight is 439 g/mol. The summed E-state index contributed by atoms with van der Waals surface area (Å²) in [5, 5.41) is 2.71. The van der Waals surface area contributed by atoms with E-state index < -0.39 is 10.0 Å². The van der Waals surface area contributed by atoms with Gasteiger partial charge in [-0.25, -0.2) is 8.42 Å². The molecule has 0 saturated heterocycles. The summed E-state index contributed by atoms with van der Waals surface area (Å²) in [7, 11) is -3.73. The van der Waals surface area contributed by atoms with E-state index in [1.54, 1.807) is 24.3 Å². The van der Waals surface area contributed by atoms with Gasteiger partial charge < -0.3 is 10.1 Å². The van der Waals surface area contributed by atoms with Crippen molar-refractivity contribution < 1.29 is 17.9 Å². The van der Waals surface area contributed by atoms with Gasteiger partial charge in [0, 0.05) is 5.69 Å². The van der Waals surface area contributed by atoms with Gasteiger partial charge in [-0.3, -0.25) is 9.52 Å². The molecule has 0 bridgehead atoms. The summed E-state index contributed by atoms with van der Waals surface area (Å²) in [6.45, 7) is 5.70. The van der Waals surface area contributed by atoms with Crippen molar-refractivity contribution in [2.24, 2.45) is 0 Å². The number of benzene rings is 3. The van der Waals surface area contributed by atoms with Gasteiger partial charge in [0.1, 0.15) is 5.75 Å². The highest BCUT2D eigenvalue weighted by atomic mass is 32.2. The number of anilines is 2. The van der Waals surface area contributed by atoms with E-state index in [0.717, 1.165) is 16.7 Å². The standard InChI is InChI=1S/C24H26N2O4S/c1-4-19-7-5-6-8-22(19)26-31(28,29)21-13-11-20(12-14-21)25-24(27)16-30-23-15-17(2)9-10-18(23)3/h5-15,26H,4,16H2,1-3H3,(H,25,27). The summed E-state index contributed by atoms with van der Waals surface area (Å²) in [5.74, 6) is 0.335. The number of amides is 1. The summed E-state index contributed by atoms with van der Waals surface area (Å²) in [4.78, 5) is 12.3. The van der Waals surface area contributed by atoms with Crippen molar-refractivity contribution in [2.75, 3.05) is 16.6 Å². The molecule has 6 nitrogen and oxygen atoms in total. The second kappa shape index (κ2) is 9.66. The van der Waals surface area contributed by atoms with Crippen LogP contribution in [-0.4, -0.2) is 20.9 Å². The minimum absolute atomic E-state index is 0.114. The van der Waals surface area contributed by atoms with Crippen molar-refractivity contribution in [3.63, 3.8) is 0 Å². The Morgan fingerprint density at radius 2 is 1.68 bits per heavy atom. The molecule has 31 heavy (non-hydrogen) atoms. The fraction of sp³-hybridized carbons (Fsp3) is 0.208. The maximum absolute atomic E-state index is 12.7. The van der Waals surface area contributed by atoms with Crippen LogP contribution in [0.25, 0.3) is 0 Å². The molecule has 0 heterocycles. The molecule has 3 aromatic carbocycles. The average Bonchev–Trinajstić information content (AvgIpc) is 2.75. The molecule has 7 heteroatoms. The Morgan fingerprint density at radius 1 is 0.968 bits per heavy atom. The number of hydrogen-bond acceptors (Lipinski definition) is 4. The van der Waals surface area contributed by atoms with Crippen LogP contribution >= 0.6 is 0 Å². The summed E-state index contributed by atoms with van der Waals surface area (Å²) >= 11 is 0. The van der Waals surface area contributed by atoms with Crippen molar-refractivity contribution in [1.82, 2.24) is 0 Å². The van der Waals surface area contributed by atoms with Crippen LogP contribution in [0, 0.1) is 13.8 Å². The van der Waals surface area contributed by atoms with Crippen molar-refractivity contribution in [1.29, 1.82) is 0 Å². The third-order valence-electron chi connectivity index (χ3n) is 4.79. The number of nitrogens with one attached hydrogen (secondary N) is 2. The lowest BCUT2D eigenvalue weighted by atomic mass is 10.1. The van der Waals surface area contributed by atoms with Crippen LogP contribution in [0.5, 0.6) is 5.75 Å². The zero-order valence-corrected chi connectivity index (χ0v) is 18.6. The molecule has 0 radical (unpaired) electrons. The van der Waals surface area contributed by atoms with Gasteiger partial charge in [-0.1, -0.05) is 37.3 Å². The minimum atomic E-state index is -3.73. The van der Waals surface area contributed by atoms with Crippen LogP contribution in [0.15, 0.2) is 71.6 Å². The molecule has 0 unspecified atom stereocenters. The second-order valence-corrected chi connectivity index (χ2v) is 8.93. The number of hydrogen-bond donors (Lipinski definition) is 2. The summed E-state index contributed by atoms with van der Waals surface area (Å²) in [6, 6.07) is 19.1. The summed E-state index contributed by atoms with van der Waals surface area (Å²) in [6.07, 6.45) is 0.716. The summed E-state index contributed by atoms with van der Waals surface area (Å²) < 4.78 is 33.6. The van der Waals surface area contributed by atoms with E-state index in [0.29, 0.717) is 23.5 Å². The third kappa shape index (κ3) is 5.86. The van der Waals surface area contributed by atoms with Crippen molar-refractivity contribution in [3.05, 3.63) is 83.4 Å². The number of aryl methyl sites for hydroxylation is 3. The Kier molecular flexibility index (Phi) is 6.97. The Balaban J connectivity index is 1.62. The fourth-order valence-corrected chi connectivity index (χ4v) is 4.15. The van der Waals surface area contributed by atoms with E-state index in [4.69, 9.17) is 4.74 Å². The molecule has 3 aromatic rings.